The first-order chi connectivity index (χ1) is 13.2. The number of rotatable bonds is 8. The molecule has 1 fully saturated rings. The number of carbonyl (C=O) groups is 1. The van der Waals surface area contributed by atoms with Crippen LogP contribution in [-0.4, -0.2) is 61.3 Å². The lowest BCUT2D eigenvalue weighted by Crippen LogP contribution is -3.16. The van der Waals surface area contributed by atoms with Gasteiger partial charge in [0, 0.05) is 18.2 Å². The number of quaternary nitrogens is 1. The summed E-state index contributed by atoms with van der Waals surface area (Å²) in [6, 6.07) is 13.1. The van der Waals surface area contributed by atoms with E-state index in [-0.39, 0.29) is 12.4 Å². The number of Topliss-reactive ketones (excluding diaryl/α,β-unsaturated/α-hetero) is 1. The maximum absolute atomic E-state index is 11.6. The Bertz CT molecular complexity index is 713. The van der Waals surface area contributed by atoms with Gasteiger partial charge in [0.05, 0.1) is 26.2 Å². The summed E-state index contributed by atoms with van der Waals surface area (Å²) in [7, 11) is 0. The molecule has 6 nitrogen and oxygen atoms in total. The molecule has 0 bridgehead atoms. The molecule has 1 aromatic heterocycles. The summed E-state index contributed by atoms with van der Waals surface area (Å²) in [6.45, 7) is 6.60. The van der Waals surface area contributed by atoms with Crippen LogP contribution in [0.5, 0.6) is 5.75 Å². The molecule has 144 valence electrons. The molecule has 2 N–H and O–H groups in total. The Morgan fingerprint density at radius 2 is 1.96 bits per heavy atom. The van der Waals surface area contributed by atoms with Crippen LogP contribution in [0.2, 0.25) is 0 Å². The zero-order valence-corrected chi connectivity index (χ0v) is 15.8. The Balaban J connectivity index is 1.40. The third-order valence-corrected chi connectivity index (χ3v) is 4.91. The van der Waals surface area contributed by atoms with Gasteiger partial charge in [-0.05, 0) is 36.4 Å². The van der Waals surface area contributed by atoms with E-state index < -0.39 is 6.10 Å². The quantitative estimate of drug-likeness (QED) is 0.674. The van der Waals surface area contributed by atoms with Crippen LogP contribution in [0.25, 0.3) is 0 Å². The summed E-state index contributed by atoms with van der Waals surface area (Å²) in [6.07, 6.45) is 1.80. The average Bonchev–Trinajstić information content (AvgIpc) is 2.73. The number of aromatic nitrogens is 1. The van der Waals surface area contributed by atoms with Gasteiger partial charge >= 0.3 is 0 Å². The van der Waals surface area contributed by atoms with Gasteiger partial charge in [-0.15, -0.1) is 0 Å². The van der Waals surface area contributed by atoms with Crippen molar-refractivity contribution >= 4 is 11.6 Å². The van der Waals surface area contributed by atoms with Crippen molar-refractivity contribution in [2.24, 2.45) is 0 Å². The minimum Gasteiger partial charge on any atom is -0.491 e. The Hall–Kier alpha value is -2.44. The van der Waals surface area contributed by atoms with Crippen LogP contribution in [0.15, 0.2) is 48.7 Å². The second-order valence-electron chi connectivity index (χ2n) is 6.90. The van der Waals surface area contributed by atoms with Gasteiger partial charge in [0.1, 0.15) is 30.8 Å². The lowest BCUT2D eigenvalue weighted by Gasteiger charge is -2.33. The van der Waals surface area contributed by atoms with E-state index in [0.717, 1.165) is 32.0 Å². The normalized spacial score (nSPS) is 16.1. The van der Waals surface area contributed by atoms with E-state index in [4.69, 9.17) is 4.74 Å². The molecule has 2 aromatic rings. The summed E-state index contributed by atoms with van der Waals surface area (Å²) in [5, 5.41) is 10.3. The van der Waals surface area contributed by atoms with E-state index in [2.05, 4.69) is 9.88 Å². The zero-order valence-electron chi connectivity index (χ0n) is 15.8. The van der Waals surface area contributed by atoms with Crippen LogP contribution in [0.1, 0.15) is 23.7 Å². The van der Waals surface area contributed by atoms with Crippen molar-refractivity contribution in [3.63, 3.8) is 0 Å². The van der Waals surface area contributed by atoms with Crippen molar-refractivity contribution in [1.82, 2.24) is 4.98 Å². The Labute approximate surface area is 160 Å². The van der Waals surface area contributed by atoms with Gasteiger partial charge in [-0.3, -0.25) is 4.79 Å². The molecule has 2 heterocycles. The maximum Gasteiger partial charge on any atom is 0.162 e. The number of benzene rings is 1. The fraction of sp³-hybridized carbons (Fsp3) is 0.429. The number of nitrogens with one attached hydrogen (secondary N) is 1. The number of ketones is 1. The van der Waals surface area contributed by atoms with Crippen molar-refractivity contribution in [3.05, 3.63) is 54.2 Å². The molecule has 1 atom stereocenters. The Morgan fingerprint density at radius 1 is 1.22 bits per heavy atom. The number of hydrogen-bond acceptors (Lipinski definition) is 5. The Kier molecular flexibility index (Phi) is 6.79. The molecule has 6 heteroatoms. The number of ether oxygens (including phenoxy) is 1. The van der Waals surface area contributed by atoms with E-state index >= 15 is 0 Å². The first-order valence-electron chi connectivity index (χ1n) is 9.59. The molecule has 3 rings (SSSR count). The third-order valence-electron chi connectivity index (χ3n) is 4.91. The lowest BCUT2D eigenvalue weighted by atomic mass is 10.1. The van der Waals surface area contributed by atoms with E-state index in [9.17, 15) is 9.90 Å². The predicted molar refractivity (Wildman–Crippen MR) is 105 cm³/mol. The van der Waals surface area contributed by atoms with Crippen molar-refractivity contribution in [1.29, 1.82) is 0 Å². The lowest BCUT2D eigenvalue weighted by molar-refractivity contribution is -0.903. The summed E-state index contributed by atoms with van der Waals surface area (Å²) in [5.41, 5.74) is 0.695. The predicted octanol–water partition coefficient (Wildman–Crippen LogP) is 0.819. The number of aliphatic hydroxyl groups excluding tert-OH is 1. The van der Waals surface area contributed by atoms with E-state index in [0.29, 0.717) is 24.3 Å². The largest absolute Gasteiger partial charge is 0.491 e. The van der Waals surface area contributed by atoms with E-state index in [1.807, 2.05) is 31.3 Å². The van der Waals surface area contributed by atoms with Crippen LogP contribution in [0.4, 0.5) is 5.82 Å². The van der Waals surface area contributed by atoms with Crippen molar-refractivity contribution in [3.8, 4) is 5.75 Å². The average molecular weight is 370 g/mol. The number of anilines is 1. The first kappa shape index (κ1) is 19.3. The highest BCUT2D eigenvalue weighted by Crippen LogP contribution is 2.13. The number of hydrogen-bond donors (Lipinski definition) is 2. The summed E-state index contributed by atoms with van der Waals surface area (Å²) in [4.78, 5) is 19.7. The number of carbonyl (C=O) groups excluding carboxylic acids is 1. The van der Waals surface area contributed by atoms with Gasteiger partial charge < -0.3 is 19.6 Å². The van der Waals surface area contributed by atoms with Crippen LogP contribution in [0, 0.1) is 0 Å². The van der Waals surface area contributed by atoms with Crippen molar-refractivity contribution < 1.29 is 19.5 Å². The number of piperazine rings is 1. The van der Waals surface area contributed by atoms with Gasteiger partial charge in [-0.2, -0.15) is 0 Å². The molecule has 1 aliphatic heterocycles. The number of aliphatic hydroxyl groups is 1. The number of pyridine rings is 1. The topological polar surface area (TPSA) is 67.1 Å². The van der Waals surface area contributed by atoms with Crippen molar-refractivity contribution in [2.75, 3.05) is 44.2 Å². The van der Waals surface area contributed by atoms with Gasteiger partial charge in [0.25, 0.3) is 0 Å². The SMILES string of the molecule is CCC(=O)c1ccc(OCC(O)C[NH+]2CCN(c3ccccn3)CC2)cc1. The molecule has 0 spiro atoms. The summed E-state index contributed by atoms with van der Waals surface area (Å²) in [5.74, 6) is 1.82. The number of nitrogens with zero attached hydrogens (tertiary/aromatic N) is 2. The molecule has 0 radical (unpaired) electrons. The Morgan fingerprint density at radius 3 is 2.59 bits per heavy atom. The molecule has 0 amide bonds. The van der Waals surface area contributed by atoms with E-state index in [1.165, 1.54) is 4.90 Å². The smallest absolute Gasteiger partial charge is 0.162 e. The van der Waals surface area contributed by atoms with Crippen LogP contribution < -0.4 is 14.5 Å². The minimum absolute atomic E-state index is 0.120. The second kappa shape index (κ2) is 9.48. The molecule has 1 unspecified atom stereocenters. The molecular weight excluding hydrogens is 342 g/mol. The van der Waals surface area contributed by atoms with Gasteiger partial charge in [0.15, 0.2) is 5.78 Å². The molecular formula is C21H28N3O3+. The summed E-state index contributed by atoms with van der Waals surface area (Å²) < 4.78 is 5.67. The first-order valence-corrected chi connectivity index (χ1v) is 9.59. The molecule has 0 saturated carbocycles. The van der Waals surface area contributed by atoms with Crippen LogP contribution in [0.3, 0.4) is 0 Å². The highest BCUT2D eigenvalue weighted by atomic mass is 16.5. The molecule has 1 saturated heterocycles. The standard InChI is InChI=1S/C21H27N3O3/c1-2-20(26)17-6-8-19(9-7-17)27-16-18(25)15-23-11-13-24(14-12-23)21-5-3-4-10-22-21/h3-10,18,25H,2,11-16H2,1H3/p+1. The van der Waals surface area contributed by atoms with Gasteiger partial charge in [-0.25, -0.2) is 4.98 Å². The van der Waals surface area contributed by atoms with E-state index in [1.54, 1.807) is 24.3 Å². The highest BCUT2D eigenvalue weighted by Gasteiger charge is 2.23. The fourth-order valence-corrected chi connectivity index (χ4v) is 3.32. The van der Waals surface area contributed by atoms with Crippen LogP contribution >= 0.6 is 0 Å². The summed E-state index contributed by atoms with van der Waals surface area (Å²) >= 11 is 0. The van der Waals surface area contributed by atoms with Gasteiger partial charge in [0.2, 0.25) is 0 Å². The maximum atomic E-state index is 11.6. The molecule has 0 aliphatic carbocycles. The molecule has 1 aliphatic rings. The zero-order chi connectivity index (χ0) is 19.1. The fourth-order valence-electron chi connectivity index (χ4n) is 3.32. The monoisotopic (exact) mass is 370 g/mol. The van der Waals surface area contributed by atoms with Crippen molar-refractivity contribution in [2.45, 2.75) is 19.4 Å². The molecule has 1 aromatic carbocycles. The minimum atomic E-state index is -0.515. The molecule has 27 heavy (non-hydrogen) atoms. The third kappa shape index (κ3) is 5.52. The van der Waals surface area contributed by atoms with Crippen LogP contribution in [-0.2, 0) is 0 Å². The highest BCUT2D eigenvalue weighted by molar-refractivity contribution is 5.95. The van der Waals surface area contributed by atoms with Gasteiger partial charge in [-0.1, -0.05) is 13.0 Å². The second-order valence-corrected chi connectivity index (χ2v) is 6.90.